The van der Waals surface area contributed by atoms with Gasteiger partial charge in [0.2, 0.25) is 11.9 Å². The number of anilines is 2. The molecule has 94 valence electrons. The first-order valence-electron chi connectivity index (χ1n) is 6.18. The Hall–Kier alpha value is -1.39. The highest BCUT2D eigenvalue weighted by atomic mass is 15.3. The van der Waals surface area contributed by atoms with Crippen LogP contribution >= 0.6 is 0 Å². The van der Waals surface area contributed by atoms with Gasteiger partial charge in [-0.3, -0.25) is 0 Å². The van der Waals surface area contributed by atoms with Crippen LogP contribution in [0.25, 0.3) is 0 Å². The van der Waals surface area contributed by atoms with Gasteiger partial charge in [0.1, 0.15) is 5.82 Å². The summed E-state index contributed by atoms with van der Waals surface area (Å²) >= 11 is 0. The second kappa shape index (κ2) is 4.85. The van der Waals surface area contributed by atoms with Crippen molar-refractivity contribution in [2.45, 2.75) is 31.6 Å². The fraction of sp³-hybridized carbons (Fsp3) is 0.750. The van der Waals surface area contributed by atoms with Crippen LogP contribution in [-0.2, 0) is 0 Å². The van der Waals surface area contributed by atoms with Crippen LogP contribution in [0, 0.1) is 0 Å². The largest absolute Gasteiger partial charge is 0.347 e. The molecule has 1 aromatic rings. The summed E-state index contributed by atoms with van der Waals surface area (Å²) in [4.78, 5) is 17.5. The molecule has 1 aromatic heterocycles. The summed E-state index contributed by atoms with van der Waals surface area (Å²) in [5.41, 5.74) is 0. The monoisotopic (exact) mass is 235 g/mol. The van der Waals surface area contributed by atoms with Crippen molar-refractivity contribution in [2.75, 3.05) is 38.0 Å². The molecule has 1 heterocycles. The molecule has 17 heavy (non-hydrogen) atoms. The quantitative estimate of drug-likeness (QED) is 0.797. The van der Waals surface area contributed by atoms with Crippen LogP contribution in [0.5, 0.6) is 0 Å². The van der Waals surface area contributed by atoms with Crippen molar-refractivity contribution < 1.29 is 0 Å². The van der Waals surface area contributed by atoms with E-state index in [0.29, 0.717) is 5.92 Å². The Morgan fingerprint density at radius 3 is 1.71 bits per heavy atom. The highest BCUT2D eigenvalue weighted by Gasteiger charge is 2.22. The lowest BCUT2D eigenvalue weighted by Gasteiger charge is -2.18. The average Bonchev–Trinajstić information content (AvgIpc) is 2.81. The number of nitrogens with zero attached hydrogens (tertiary/aromatic N) is 5. The van der Waals surface area contributed by atoms with Crippen molar-refractivity contribution >= 4 is 11.9 Å². The summed E-state index contributed by atoms with van der Waals surface area (Å²) in [6, 6.07) is 0. The SMILES string of the molecule is CN(C)c1nc(C2CCCC2)nc(N(C)C)n1. The first-order chi connectivity index (χ1) is 8.08. The first kappa shape index (κ1) is 12.1. The minimum absolute atomic E-state index is 0.524. The van der Waals surface area contributed by atoms with Crippen molar-refractivity contribution in [3.8, 4) is 0 Å². The van der Waals surface area contributed by atoms with E-state index < -0.39 is 0 Å². The fourth-order valence-corrected chi connectivity index (χ4v) is 2.14. The highest BCUT2D eigenvalue weighted by Crippen LogP contribution is 2.32. The van der Waals surface area contributed by atoms with E-state index >= 15 is 0 Å². The van der Waals surface area contributed by atoms with Crippen LogP contribution in [0.4, 0.5) is 11.9 Å². The maximum atomic E-state index is 4.57. The average molecular weight is 235 g/mol. The molecule has 1 saturated carbocycles. The molecule has 0 unspecified atom stereocenters. The van der Waals surface area contributed by atoms with Gasteiger partial charge >= 0.3 is 0 Å². The number of aromatic nitrogens is 3. The third-order valence-electron chi connectivity index (χ3n) is 3.15. The van der Waals surface area contributed by atoms with E-state index in [1.165, 1.54) is 25.7 Å². The summed E-state index contributed by atoms with van der Waals surface area (Å²) in [6.07, 6.45) is 5.02. The Kier molecular flexibility index (Phi) is 3.45. The first-order valence-corrected chi connectivity index (χ1v) is 6.18. The molecular formula is C12H21N5. The fourth-order valence-electron chi connectivity index (χ4n) is 2.14. The minimum atomic E-state index is 0.524. The summed E-state index contributed by atoms with van der Waals surface area (Å²) in [7, 11) is 7.86. The van der Waals surface area contributed by atoms with Crippen molar-refractivity contribution in [3.63, 3.8) is 0 Å². The molecule has 0 amide bonds. The van der Waals surface area contributed by atoms with Crippen molar-refractivity contribution in [2.24, 2.45) is 0 Å². The maximum Gasteiger partial charge on any atom is 0.229 e. The van der Waals surface area contributed by atoms with Crippen LogP contribution in [0.1, 0.15) is 37.4 Å². The number of hydrogen-bond acceptors (Lipinski definition) is 5. The normalized spacial score (nSPS) is 16.2. The predicted molar refractivity (Wildman–Crippen MR) is 69.7 cm³/mol. The Morgan fingerprint density at radius 2 is 1.29 bits per heavy atom. The summed E-state index contributed by atoms with van der Waals surface area (Å²) < 4.78 is 0. The molecule has 0 aliphatic heterocycles. The van der Waals surface area contributed by atoms with Gasteiger partial charge in [-0.25, -0.2) is 0 Å². The van der Waals surface area contributed by atoms with Gasteiger partial charge in [-0.1, -0.05) is 12.8 Å². The van der Waals surface area contributed by atoms with Crippen LogP contribution in [-0.4, -0.2) is 43.1 Å². The van der Waals surface area contributed by atoms with Crippen molar-refractivity contribution in [3.05, 3.63) is 5.82 Å². The van der Waals surface area contributed by atoms with Gasteiger partial charge in [0.15, 0.2) is 0 Å². The molecule has 5 heteroatoms. The standard InChI is InChI=1S/C12H21N5/c1-16(2)11-13-10(9-7-5-6-8-9)14-12(15-11)17(3)4/h9H,5-8H2,1-4H3. The Bertz CT molecular complexity index is 356. The third kappa shape index (κ3) is 2.65. The zero-order valence-electron chi connectivity index (χ0n) is 11.1. The Morgan fingerprint density at radius 1 is 0.824 bits per heavy atom. The molecule has 0 N–H and O–H groups in total. The van der Waals surface area contributed by atoms with Gasteiger partial charge < -0.3 is 9.80 Å². The van der Waals surface area contributed by atoms with E-state index in [4.69, 9.17) is 0 Å². The molecule has 0 spiro atoms. The summed E-state index contributed by atoms with van der Waals surface area (Å²) in [6.45, 7) is 0. The van der Waals surface area contributed by atoms with E-state index in [-0.39, 0.29) is 0 Å². The summed E-state index contributed by atoms with van der Waals surface area (Å²) in [5.74, 6) is 3.00. The van der Waals surface area contributed by atoms with Gasteiger partial charge in [-0.15, -0.1) is 0 Å². The molecule has 5 nitrogen and oxygen atoms in total. The van der Waals surface area contributed by atoms with Gasteiger partial charge in [0.25, 0.3) is 0 Å². The van der Waals surface area contributed by atoms with Gasteiger partial charge in [0.05, 0.1) is 0 Å². The van der Waals surface area contributed by atoms with E-state index in [0.717, 1.165) is 17.7 Å². The molecule has 0 aromatic carbocycles. The van der Waals surface area contributed by atoms with Crippen LogP contribution in [0.2, 0.25) is 0 Å². The van der Waals surface area contributed by atoms with E-state index in [1.807, 2.05) is 38.0 Å². The topological polar surface area (TPSA) is 45.2 Å². The Labute approximate surface area is 103 Å². The predicted octanol–water partition coefficient (Wildman–Crippen LogP) is 1.66. The smallest absolute Gasteiger partial charge is 0.229 e. The number of rotatable bonds is 3. The zero-order valence-corrected chi connectivity index (χ0v) is 11.1. The van der Waals surface area contributed by atoms with Gasteiger partial charge in [-0.2, -0.15) is 15.0 Å². The lowest BCUT2D eigenvalue weighted by atomic mass is 10.1. The lowest BCUT2D eigenvalue weighted by Crippen LogP contribution is -2.20. The molecule has 0 bridgehead atoms. The van der Waals surface area contributed by atoms with E-state index in [2.05, 4.69) is 15.0 Å². The molecule has 1 aliphatic rings. The van der Waals surface area contributed by atoms with Crippen LogP contribution in [0.3, 0.4) is 0 Å². The second-order valence-corrected chi connectivity index (χ2v) is 5.06. The van der Waals surface area contributed by atoms with Crippen LogP contribution in [0.15, 0.2) is 0 Å². The molecule has 1 fully saturated rings. The molecule has 0 radical (unpaired) electrons. The van der Waals surface area contributed by atoms with Gasteiger partial charge in [0, 0.05) is 34.1 Å². The lowest BCUT2D eigenvalue weighted by molar-refractivity contribution is 0.658. The zero-order chi connectivity index (χ0) is 12.4. The Balaban J connectivity index is 2.36. The summed E-state index contributed by atoms with van der Waals surface area (Å²) in [5, 5.41) is 0. The minimum Gasteiger partial charge on any atom is -0.347 e. The molecule has 2 rings (SSSR count). The van der Waals surface area contributed by atoms with Crippen LogP contribution < -0.4 is 9.80 Å². The van der Waals surface area contributed by atoms with Gasteiger partial charge in [-0.05, 0) is 12.8 Å². The molecule has 0 atom stereocenters. The third-order valence-corrected chi connectivity index (χ3v) is 3.15. The highest BCUT2D eigenvalue weighted by molar-refractivity contribution is 5.37. The molecule has 0 saturated heterocycles. The molecule has 1 aliphatic carbocycles. The van der Waals surface area contributed by atoms with Crippen molar-refractivity contribution in [1.29, 1.82) is 0 Å². The van der Waals surface area contributed by atoms with Crippen molar-refractivity contribution in [1.82, 2.24) is 15.0 Å². The second-order valence-electron chi connectivity index (χ2n) is 5.06. The van der Waals surface area contributed by atoms with E-state index in [1.54, 1.807) is 0 Å². The van der Waals surface area contributed by atoms with E-state index in [9.17, 15) is 0 Å². The molecular weight excluding hydrogens is 214 g/mol. The maximum absolute atomic E-state index is 4.57. The number of hydrogen-bond donors (Lipinski definition) is 0.